The smallest absolute Gasteiger partial charge is 0.330 e. The summed E-state index contributed by atoms with van der Waals surface area (Å²) in [6.07, 6.45) is 6.75. The SMILES string of the molecule is COCC1(C(=O)NC/C=C/C(=O)OC)CCCC1. The molecule has 102 valence electrons. The number of rotatable bonds is 6. The molecule has 1 N–H and O–H groups in total. The minimum Gasteiger partial charge on any atom is -0.466 e. The van der Waals surface area contributed by atoms with Crippen LogP contribution in [-0.2, 0) is 19.1 Å². The lowest BCUT2D eigenvalue weighted by Gasteiger charge is -2.26. The number of carbonyl (C=O) groups excluding carboxylic acids is 2. The van der Waals surface area contributed by atoms with Gasteiger partial charge in [0.25, 0.3) is 0 Å². The van der Waals surface area contributed by atoms with E-state index in [0.717, 1.165) is 25.7 Å². The maximum absolute atomic E-state index is 12.1. The van der Waals surface area contributed by atoms with Crippen LogP contribution in [0.25, 0.3) is 0 Å². The van der Waals surface area contributed by atoms with Gasteiger partial charge in [0.1, 0.15) is 0 Å². The Kier molecular flexibility index (Phi) is 5.85. The van der Waals surface area contributed by atoms with Crippen molar-refractivity contribution < 1.29 is 19.1 Å². The lowest BCUT2D eigenvalue weighted by molar-refractivity contribution is -0.135. The van der Waals surface area contributed by atoms with E-state index in [1.807, 2.05) is 0 Å². The summed E-state index contributed by atoms with van der Waals surface area (Å²) in [5, 5.41) is 2.82. The number of ether oxygens (including phenoxy) is 2. The van der Waals surface area contributed by atoms with Gasteiger partial charge < -0.3 is 14.8 Å². The molecule has 0 radical (unpaired) electrons. The van der Waals surface area contributed by atoms with E-state index in [-0.39, 0.29) is 11.3 Å². The molecule has 0 saturated heterocycles. The minimum absolute atomic E-state index is 0.0105. The summed E-state index contributed by atoms with van der Waals surface area (Å²) in [5.41, 5.74) is -0.381. The molecule has 0 bridgehead atoms. The van der Waals surface area contributed by atoms with E-state index in [9.17, 15) is 9.59 Å². The van der Waals surface area contributed by atoms with Crippen LogP contribution < -0.4 is 5.32 Å². The summed E-state index contributed by atoms with van der Waals surface area (Å²) < 4.78 is 9.62. The summed E-state index contributed by atoms with van der Waals surface area (Å²) >= 11 is 0. The number of nitrogens with one attached hydrogen (secondary N) is 1. The van der Waals surface area contributed by atoms with Crippen molar-refractivity contribution in [3.05, 3.63) is 12.2 Å². The van der Waals surface area contributed by atoms with E-state index < -0.39 is 5.97 Å². The van der Waals surface area contributed by atoms with Crippen LogP contribution in [0.4, 0.5) is 0 Å². The predicted molar refractivity (Wildman–Crippen MR) is 66.9 cm³/mol. The van der Waals surface area contributed by atoms with Crippen molar-refractivity contribution in [2.45, 2.75) is 25.7 Å². The molecule has 0 heterocycles. The van der Waals surface area contributed by atoms with Gasteiger partial charge in [0.2, 0.25) is 5.91 Å². The topological polar surface area (TPSA) is 64.6 Å². The zero-order chi connectivity index (χ0) is 13.4. The van der Waals surface area contributed by atoms with Crippen molar-refractivity contribution in [3.63, 3.8) is 0 Å². The fraction of sp³-hybridized carbons (Fsp3) is 0.692. The summed E-state index contributed by atoms with van der Waals surface area (Å²) in [7, 11) is 2.93. The maximum Gasteiger partial charge on any atom is 0.330 e. The van der Waals surface area contributed by atoms with Crippen LogP contribution in [0.1, 0.15) is 25.7 Å². The summed E-state index contributed by atoms with van der Waals surface area (Å²) in [6.45, 7) is 0.791. The third-order valence-electron chi connectivity index (χ3n) is 3.30. The van der Waals surface area contributed by atoms with Gasteiger partial charge in [-0.3, -0.25) is 4.79 Å². The molecular weight excluding hydrogens is 234 g/mol. The lowest BCUT2D eigenvalue weighted by Crippen LogP contribution is -2.42. The second kappa shape index (κ2) is 7.16. The van der Waals surface area contributed by atoms with Gasteiger partial charge in [-0.15, -0.1) is 0 Å². The average molecular weight is 255 g/mol. The molecule has 0 aromatic heterocycles. The molecule has 1 aliphatic rings. The Morgan fingerprint density at radius 3 is 2.50 bits per heavy atom. The third-order valence-corrected chi connectivity index (χ3v) is 3.30. The molecule has 1 aliphatic carbocycles. The van der Waals surface area contributed by atoms with E-state index in [1.54, 1.807) is 13.2 Å². The van der Waals surface area contributed by atoms with Gasteiger partial charge in [0, 0.05) is 19.7 Å². The van der Waals surface area contributed by atoms with E-state index in [1.165, 1.54) is 13.2 Å². The Morgan fingerprint density at radius 2 is 1.94 bits per heavy atom. The van der Waals surface area contributed by atoms with Crippen molar-refractivity contribution in [3.8, 4) is 0 Å². The minimum atomic E-state index is -0.420. The molecule has 5 heteroatoms. The van der Waals surface area contributed by atoms with Crippen molar-refractivity contribution >= 4 is 11.9 Å². The van der Waals surface area contributed by atoms with Gasteiger partial charge in [-0.05, 0) is 12.8 Å². The van der Waals surface area contributed by atoms with Gasteiger partial charge in [-0.25, -0.2) is 4.79 Å². The molecule has 1 rings (SSSR count). The third kappa shape index (κ3) is 3.84. The number of esters is 1. The first-order valence-electron chi connectivity index (χ1n) is 6.16. The fourth-order valence-electron chi connectivity index (χ4n) is 2.33. The molecule has 0 aromatic rings. The first-order valence-corrected chi connectivity index (χ1v) is 6.16. The highest BCUT2D eigenvalue weighted by molar-refractivity contribution is 5.84. The highest BCUT2D eigenvalue weighted by Gasteiger charge is 2.40. The van der Waals surface area contributed by atoms with Gasteiger partial charge in [-0.2, -0.15) is 0 Å². The van der Waals surface area contributed by atoms with Crippen LogP contribution in [0, 0.1) is 5.41 Å². The molecule has 18 heavy (non-hydrogen) atoms. The number of carbonyl (C=O) groups is 2. The molecule has 0 atom stereocenters. The Bertz CT molecular complexity index is 319. The van der Waals surface area contributed by atoms with E-state index >= 15 is 0 Å². The molecule has 5 nitrogen and oxygen atoms in total. The zero-order valence-corrected chi connectivity index (χ0v) is 11.0. The van der Waals surface area contributed by atoms with Gasteiger partial charge in [-0.1, -0.05) is 18.9 Å². The number of hydrogen-bond acceptors (Lipinski definition) is 4. The first-order chi connectivity index (χ1) is 8.64. The van der Waals surface area contributed by atoms with E-state index in [4.69, 9.17) is 4.74 Å². The van der Waals surface area contributed by atoms with Crippen LogP contribution in [0.3, 0.4) is 0 Å². The van der Waals surface area contributed by atoms with Crippen LogP contribution in [-0.4, -0.2) is 39.2 Å². The average Bonchev–Trinajstić information content (AvgIpc) is 2.84. The molecule has 0 unspecified atom stereocenters. The number of amides is 1. The second-order valence-corrected chi connectivity index (χ2v) is 4.56. The molecule has 0 spiro atoms. The van der Waals surface area contributed by atoms with E-state index in [2.05, 4.69) is 10.1 Å². The molecular formula is C13H21NO4. The molecule has 1 fully saturated rings. The van der Waals surface area contributed by atoms with Gasteiger partial charge in [0.05, 0.1) is 19.1 Å². The van der Waals surface area contributed by atoms with Gasteiger partial charge >= 0.3 is 5.97 Å². The Morgan fingerprint density at radius 1 is 1.28 bits per heavy atom. The van der Waals surface area contributed by atoms with Crippen LogP contribution in [0.5, 0.6) is 0 Å². The van der Waals surface area contributed by atoms with E-state index in [0.29, 0.717) is 13.2 Å². The normalized spacial score (nSPS) is 17.9. The van der Waals surface area contributed by atoms with Crippen LogP contribution in [0.2, 0.25) is 0 Å². The van der Waals surface area contributed by atoms with Crippen LogP contribution in [0.15, 0.2) is 12.2 Å². The summed E-state index contributed by atoms with van der Waals surface area (Å²) in [4.78, 5) is 23.0. The van der Waals surface area contributed by atoms with Crippen molar-refractivity contribution in [2.24, 2.45) is 5.41 Å². The number of methoxy groups -OCH3 is 2. The van der Waals surface area contributed by atoms with Crippen LogP contribution >= 0.6 is 0 Å². The Hall–Kier alpha value is -1.36. The second-order valence-electron chi connectivity index (χ2n) is 4.56. The Balaban J connectivity index is 2.43. The maximum atomic E-state index is 12.1. The monoisotopic (exact) mass is 255 g/mol. The predicted octanol–water partition coefficient (Wildman–Crippen LogP) is 1.04. The van der Waals surface area contributed by atoms with Gasteiger partial charge in [0.15, 0.2) is 0 Å². The highest BCUT2D eigenvalue weighted by Crippen LogP contribution is 2.38. The lowest BCUT2D eigenvalue weighted by atomic mass is 9.86. The largest absolute Gasteiger partial charge is 0.466 e. The standard InChI is InChI=1S/C13H21NO4/c1-17-10-13(7-3-4-8-13)12(16)14-9-5-6-11(15)18-2/h5-6H,3-4,7-10H2,1-2H3,(H,14,16)/b6-5+. The van der Waals surface area contributed by atoms with Crippen molar-refractivity contribution in [1.29, 1.82) is 0 Å². The summed E-state index contributed by atoms with van der Waals surface area (Å²) in [5.74, 6) is -0.409. The van der Waals surface area contributed by atoms with Crippen molar-refractivity contribution in [1.82, 2.24) is 5.32 Å². The molecule has 1 saturated carbocycles. The number of hydrogen-bond donors (Lipinski definition) is 1. The van der Waals surface area contributed by atoms with Crippen molar-refractivity contribution in [2.75, 3.05) is 27.4 Å². The molecule has 0 aliphatic heterocycles. The fourth-order valence-corrected chi connectivity index (χ4v) is 2.33. The quantitative estimate of drug-likeness (QED) is 0.569. The summed E-state index contributed by atoms with van der Waals surface area (Å²) in [6, 6.07) is 0. The zero-order valence-electron chi connectivity index (χ0n) is 11.0. The Labute approximate surface area is 108 Å². The highest BCUT2D eigenvalue weighted by atomic mass is 16.5. The molecule has 1 amide bonds. The molecule has 0 aromatic carbocycles. The first kappa shape index (κ1) is 14.7.